The number of nitrogen functional groups attached to an aromatic ring is 1. The molecule has 4 rings (SSSR count). The Kier molecular flexibility index (Phi) is 6.27. The second kappa shape index (κ2) is 9.44. The van der Waals surface area contributed by atoms with E-state index in [0.717, 1.165) is 16.0 Å². The van der Waals surface area contributed by atoms with Crippen molar-refractivity contribution in [2.45, 2.75) is 19.4 Å². The molecule has 8 nitrogen and oxygen atoms in total. The molecule has 0 atom stereocenters. The SMILES string of the molecule is Nc1ccc(-c2cccs2)cc1NC(=O)CCc1cn(Cc2ccc(C(=O)O)cc2)nn1. The maximum atomic E-state index is 12.5. The van der Waals surface area contributed by atoms with Crippen LogP contribution in [-0.4, -0.2) is 32.0 Å². The number of aromatic carboxylic acids is 1. The Labute approximate surface area is 188 Å². The van der Waals surface area contributed by atoms with Gasteiger partial charge in [-0.1, -0.05) is 29.5 Å². The van der Waals surface area contributed by atoms with Crippen LogP contribution in [0.4, 0.5) is 11.4 Å². The van der Waals surface area contributed by atoms with E-state index < -0.39 is 5.97 Å². The Balaban J connectivity index is 1.32. The predicted octanol–water partition coefficient (Wildman–Crippen LogP) is 3.91. The summed E-state index contributed by atoms with van der Waals surface area (Å²) in [5.74, 6) is -1.11. The first kappa shape index (κ1) is 21.3. The molecule has 0 unspecified atom stereocenters. The van der Waals surface area contributed by atoms with Crippen LogP contribution in [0.15, 0.2) is 66.2 Å². The molecule has 1 amide bonds. The Hall–Kier alpha value is -3.98. The number of carboxylic acids is 1. The van der Waals surface area contributed by atoms with E-state index in [2.05, 4.69) is 15.6 Å². The second-order valence-corrected chi connectivity index (χ2v) is 8.18. The molecule has 0 aliphatic heterocycles. The van der Waals surface area contributed by atoms with Gasteiger partial charge in [0.1, 0.15) is 0 Å². The molecule has 0 radical (unpaired) electrons. The minimum Gasteiger partial charge on any atom is -0.478 e. The number of hydrogen-bond acceptors (Lipinski definition) is 6. The minimum atomic E-state index is -0.960. The molecule has 9 heteroatoms. The fourth-order valence-corrected chi connectivity index (χ4v) is 3.91. The lowest BCUT2D eigenvalue weighted by Gasteiger charge is -2.09. The number of aryl methyl sites for hydroxylation is 1. The summed E-state index contributed by atoms with van der Waals surface area (Å²) in [4.78, 5) is 24.5. The maximum Gasteiger partial charge on any atom is 0.335 e. The number of carboxylic acid groups (broad SMARTS) is 1. The molecule has 2 aromatic heterocycles. The Morgan fingerprint density at radius 2 is 1.94 bits per heavy atom. The molecule has 0 spiro atoms. The highest BCUT2D eigenvalue weighted by atomic mass is 32.1. The van der Waals surface area contributed by atoms with Crippen LogP contribution >= 0.6 is 11.3 Å². The predicted molar refractivity (Wildman–Crippen MR) is 124 cm³/mol. The third-order valence-electron chi connectivity index (χ3n) is 4.87. The van der Waals surface area contributed by atoms with Crippen molar-refractivity contribution in [3.05, 3.63) is 83.0 Å². The monoisotopic (exact) mass is 447 g/mol. The third-order valence-corrected chi connectivity index (χ3v) is 5.79. The summed E-state index contributed by atoms with van der Waals surface area (Å²) >= 11 is 1.62. The normalized spacial score (nSPS) is 10.8. The third kappa shape index (κ3) is 5.19. The van der Waals surface area contributed by atoms with Crippen LogP contribution in [0.25, 0.3) is 10.4 Å². The number of carbonyl (C=O) groups is 2. The Morgan fingerprint density at radius 1 is 1.12 bits per heavy atom. The lowest BCUT2D eigenvalue weighted by atomic mass is 10.1. The first-order valence-corrected chi connectivity index (χ1v) is 10.8. The molecule has 4 N–H and O–H groups in total. The molecular weight excluding hydrogens is 426 g/mol. The summed E-state index contributed by atoms with van der Waals surface area (Å²) in [5, 5.41) is 22.1. The standard InChI is InChI=1S/C23H21N5O3S/c24-19-9-7-17(21-2-1-11-32-21)12-20(19)25-22(29)10-8-18-14-28(27-26-18)13-15-3-5-16(6-4-15)23(30)31/h1-7,9,11-12,14H,8,10,13,24H2,(H,25,29)(H,30,31). The minimum absolute atomic E-state index is 0.154. The van der Waals surface area contributed by atoms with Gasteiger partial charge in [0, 0.05) is 23.9 Å². The number of nitrogens with two attached hydrogens (primary N) is 1. The summed E-state index contributed by atoms with van der Waals surface area (Å²) < 4.78 is 1.66. The number of carbonyl (C=O) groups excluding carboxylic acids is 1. The number of amides is 1. The molecule has 4 aromatic rings. The zero-order chi connectivity index (χ0) is 22.5. The van der Waals surface area contributed by atoms with E-state index in [-0.39, 0.29) is 17.9 Å². The average molecular weight is 448 g/mol. The number of nitrogens with zero attached hydrogens (tertiary/aromatic N) is 3. The van der Waals surface area contributed by atoms with E-state index in [1.165, 1.54) is 0 Å². The van der Waals surface area contributed by atoms with E-state index in [9.17, 15) is 9.59 Å². The van der Waals surface area contributed by atoms with Crippen LogP contribution in [0.3, 0.4) is 0 Å². The van der Waals surface area contributed by atoms with E-state index >= 15 is 0 Å². The summed E-state index contributed by atoms with van der Waals surface area (Å²) in [6.07, 6.45) is 2.47. The van der Waals surface area contributed by atoms with E-state index in [1.54, 1.807) is 52.5 Å². The van der Waals surface area contributed by atoms with E-state index in [4.69, 9.17) is 10.8 Å². The van der Waals surface area contributed by atoms with Crippen molar-refractivity contribution in [2.75, 3.05) is 11.1 Å². The number of rotatable bonds is 8. The highest BCUT2D eigenvalue weighted by molar-refractivity contribution is 7.13. The van der Waals surface area contributed by atoms with Gasteiger partial charge in [0.15, 0.2) is 0 Å². The molecule has 162 valence electrons. The van der Waals surface area contributed by atoms with Crippen LogP contribution in [0.2, 0.25) is 0 Å². The van der Waals surface area contributed by atoms with Crippen LogP contribution in [0, 0.1) is 0 Å². The quantitative estimate of drug-likeness (QED) is 0.352. The molecule has 0 aliphatic rings. The fourth-order valence-electron chi connectivity index (χ4n) is 3.19. The van der Waals surface area contributed by atoms with Gasteiger partial charge in [0.2, 0.25) is 5.91 Å². The van der Waals surface area contributed by atoms with Gasteiger partial charge in [-0.25, -0.2) is 9.48 Å². The number of benzene rings is 2. The molecule has 2 heterocycles. The van der Waals surface area contributed by atoms with Gasteiger partial charge >= 0.3 is 5.97 Å². The molecule has 0 fully saturated rings. The van der Waals surface area contributed by atoms with Gasteiger partial charge in [-0.3, -0.25) is 4.79 Å². The smallest absolute Gasteiger partial charge is 0.335 e. The average Bonchev–Trinajstić information content (AvgIpc) is 3.47. The number of nitrogens with one attached hydrogen (secondary N) is 1. The summed E-state index contributed by atoms with van der Waals surface area (Å²) in [5.41, 5.74) is 9.98. The number of aromatic nitrogens is 3. The Morgan fingerprint density at radius 3 is 2.66 bits per heavy atom. The van der Waals surface area contributed by atoms with Crippen molar-refractivity contribution in [1.29, 1.82) is 0 Å². The largest absolute Gasteiger partial charge is 0.478 e. The highest BCUT2D eigenvalue weighted by Gasteiger charge is 2.10. The number of thiophene rings is 1. The molecule has 32 heavy (non-hydrogen) atoms. The topological polar surface area (TPSA) is 123 Å². The van der Waals surface area contributed by atoms with E-state index in [1.807, 2.05) is 29.6 Å². The summed E-state index contributed by atoms with van der Waals surface area (Å²) in [6.45, 7) is 0.463. The zero-order valence-corrected chi connectivity index (χ0v) is 17.9. The van der Waals surface area contributed by atoms with Crippen LogP contribution < -0.4 is 11.1 Å². The van der Waals surface area contributed by atoms with E-state index in [0.29, 0.717) is 30.0 Å². The zero-order valence-electron chi connectivity index (χ0n) is 17.1. The second-order valence-electron chi connectivity index (χ2n) is 7.24. The van der Waals surface area contributed by atoms with Crippen molar-refractivity contribution in [3.63, 3.8) is 0 Å². The molecule has 0 saturated heterocycles. The van der Waals surface area contributed by atoms with Crippen LogP contribution in [0.5, 0.6) is 0 Å². The lowest BCUT2D eigenvalue weighted by Crippen LogP contribution is -2.13. The van der Waals surface area contributed by atoms with Crippen LogP contribution in [0.1, 0.15) is 28.0 Å². The maximum absolute atomic E-state index is 12.5. The van der Waals surface area contributed by atoms with Gasteiger partial charge in [0.05, 0.1) is 29.2 Å². The van der Waals surface area contributed by atoms with Gasteiger partial charge in [-0.15, -0.1) is 16.4 Å². The van der Waals surface area contributed by atoms with Gasteiger partial charge < -0.3 is 16.2 Å². The van der Waals surface area contributed by atoms with Gasteiger partial charge in [0.25, 0.3) is 0 Å². The first-order valence-electron chi connectivity index (χ1n) is 9.92. The molecular formula is C23H21N5O3S. The van der Waals surface area contributed by atoms with Gasteiger partial charge in [-0.2, -0.15) is 0 Å². The van der Waals surface area contributed by atoms with Crippen molar-refractivity contribution < 1.29 is 14.7 Å². The first-order chi connectivity index (χ1) is 15.5. The van der Waals surface area contributed by atoms with Crippen molar-refractivity contribution in [1.82, 2.24) is 15.0 Å². The molecule has 2 aromatic carbocycles. The molecule has 0 saturated carbocycles. The summed E-state index contributed by atoms with van der Waals surface area (Å²) in [7, 11) is 0. The molecule has 0 aliphatic carbocycles. The fraction of sp³-hybridized carbons (Fsp3) is 0.130. The Bertz CT molecular complexity index is 1230. The summed E-state index contributed by atoms with van der Waals surface area (Å²) in [6, 6.07) is 16.2. The highest BCUT2D eigenvalue weighted by Crippen LogP contribution is 2.30. The number of hydrogen-bond donors (Lipinski definition) is 3. The van der Waals surface area contributed by atoms with Crippen molar-refractivity contribution in [2.24, 2.45) is 0 Å². The van der Waals surface area contributed by atoms with Crippen molar-refractivity contribution in [3.8, 4) is 10.4 Å². The molecule has 0 bridgehead atoms. The lowest BCUT2D eigenvalue weighted by molar-refractivity contribution is -0.116. The van der Waals surface area contributed by atoms with Gasteiger partial charge in [-0.05, 0) is 46.8 Å². The van der Waals surface area contributed by atoms with Crippen LogP contribution in [-0.2, 0) is 17.8 Å². The van der Waals surface area contributed by atoms with Crippen molar-refractivity contribution >= 4 is 34.6 Å². The number of anilines is 2.